The standard InChI is InChI=1S/C35H47ClN2O6S/c1-23-6-4-15-34(2,43-3)28-11-8-26(28)20-38-21-35(16-5-7-24-18-27(36)10-12-29(24)35)22-44-31-13-9-25(19-30(31)38)33(40)37-45(41,42)32(23)14-17-39/h4,9-10,12-13,15,18-19,23,26,28,32-33,37,39-40H,5-8,11,14,16-17,20-22H2,1-3H3/b15-4+/t23-,26-,28+,32+,33?,34-,35-/m0/s1. The van der Waals surface area contributed by atoms with E-state index < -0.39 is 27.1 Å². The number of benzene rings is 2. The van der Waals surface area contributed by atoms with Crippen molar-refractivity contribution >= 4 is 27.3 Å². The van der Waals surface area contributed by atoms with Crippen molar-refractivity contribution in [2.45, 2.75) is 81.3 Å². The van der Waals surface area contributed by atoms with E-state index in [0.29, 0.717) is 24.5 Å². The number of aryl methyl sites for hydroxylation is 1. The zero-order valence-electron chi connectivity index (χ0n) is 26.5. The summed E-state index contributed by atoms with van der Waals surface area (Å²) in [6.07, 6.45) is 8.42. The molecule has 0 radical (unpaired) electrons. The van der Waals surface area contributed by atoms with Crippen LogP contribution in [0, 0.1) is 17.8 Å². The third-order valence-corrected chi connectivity index (χ3v) is 13.4. The summed E-state index contributed by atoms with van der Waals surface area (Å²) in [5, 5.41) is 20.9. The Morgan fingerprint density at radius 2 is 2.02 bits per heavy atom. The van der Waals surface area contributed by atoms with Gasteiger partial charge in [-0.3, -0.25) is 0 Å². The van der Waals surface area contributed by atoms with Crippen molar-refractivity contribution in [2.24, 2.45) is 17.8 Å². The van der Waals surface area contributed by atoms with E-state index in [4.69, 9.17) is 21.1 Å². The molecule has 0 amide bonds. The van der Waals surface area contributed by atoms with Crippen LogP contribution in [0.5, 0.6) is 5.75 Å². The molecule has 2 heterocycles. The van der Waals surface area contributed by atoms with Gasteiger partial charge in [0.2, 0.25) is 10.0 Å². The Labute approximate surface area is 272 Å². The lowest BCUT2D eigenvalue weighted by Gasteiger charge is -2.49. The number of methoxy groups -OCH3 is 1. The Bertz CT molecular complexity index is 1530. The number of anilines is 1. The summed E-state index contributed by atoms with van der Waals surface area (Å²) in [6.45, 7) is 5.79. The first-order chi connectivity index (χ1) is 21.5. The molecule has 2 aromatic carbocycles. The Balaban J connectivity index is 1.44. The van der Waals surface area contributed by atoms with Crippen molar-refractivity contribution in [1.82, 2.24) is 4.72 Å². The molecule has 2 aliphatic heterocycles. The first-order valence-corrected chi connectivity index (χ1v) is 18.2. The number of halogens is 1. The molecular formula is C35H47ClN2O6S. The average Bonchev–Trinajstić information content (AvgIpc) is 3.14. The Morgan fingerprint density at radius 1 is 1.20 bits per heavy atom. The normalized spacial score (nSPS) is 35.3. The average molecular weight is 659 g/mol. The van der Waals surface area contributed by atoms with Crippen LogP contribution in [-0.4, -0.2) is 62.9 Å². The van der Waals surface area contributed by atoms with Crippen molar-refractivity contribution < 1.29 is 28.1 Å². The molecule has 1 spiro atoms. The summed E-state index contributed by atoms with van der Waals surface area (Å²) in [5.74, 6) is 1.10. The Hall–Kier alpha value is -2.14. The number of allylic oxidation sites excluding steroid dienone is 1. The highest BCUT2D eigenvalue weighted by molar-refractivity contribution is 7.90. The number of fused-ring (bicyclic) bond motifs is 4. The number of hydrogen-bond donors (Lipinski definition) is 3. The van der Waals surface area contributed by atoms with Gasteiger partial charge >= 0.3 is 0 Å². The number of hydrogen-bond acceptors (Lipinski definition) is 7. The largest absolute Gasteiger partial charge is 0.490 e. The molecule has 3 N–H and O–H groups in total. The molecule has 7 atom stereocenters. The van der Waals surface area contributed by atoms with Crippen LogP contribution < -0.4 is 14.4 Å². The highest BCUT2D eigenvalue weighted by atomic mass is 35.5. The molecule has 4 aliphatic rings. The van der Waals surface area contributed by atoms with E-state index in [2.05, 4.69) is 34.8 Å². The molecule has 1 unspecified atom stereocenters. The molecule has 0 aromatic heterocycles. The molecule has 1 fully saturated rings. The molecule has 6 rings (SSSR count). The van der Waals surface area contributed by atoms with Crippen molar-refractivity contribution in [2.75, 3.05) is 38.3 Å². The molecule has 8 nitrogen and oxygen atoms in total. The van der Waals surface area contributed by atoms with Crippen LogP contribution in [0.4, 0.5) is 5.69 Å². The molecule has 45 heavy (non-hydrogen) atoms. The summed E-state index contributed by atoms with van der Waals surface area (Å²) in [6, 6.07) is 11.7. The number of nitrogens with one attached hydrogen (secondary N) is 1. The van der Waals surface area contributed by atoms with Crippen LogP contribution in [0.25, 0.3) is 0 Å². The smallest absolute Gasteiger partial charge is 0.217 e. The zero-order valence-corrected chi connectivity index (χ0v) is 28.1. The van der Waals surface area contributed by atoms with Crippen molar-refractivity contribution in [3.8, 4) is 5.75 Å². The topological polar surface area (TPSA) is 108 Å². The fourth-order valence-electron chi connectivity index (χ4n) is 8.32. The van der Waals surface area contributed by atoms with Crippen LogP contribution in [-0.2, 0) is 26.6 Å². The number of sulfonamides is 1. The SMILES string of the molecule is CO[C@@]1(C)/C=C/C[C@H](C)[C@@H](CCO)S(=O)(=O)NC(O)c2ccc3c(c2)N(C[C@@H]2CC[C@H]21)C[C@@]1(CCCc2cc(Cl)ccc21)CO3. The van der Waals surface area contributed by atoms with Gasteiger partial charge in [0.05, 0.1) is 23.1 Å². The maximum Gasteiger partial charge on any atom is 0.217 e. The Kier molecular flexibility index (Phi) is 9.33. The second-order valence-corrected chi connectivity index (χ2v) is 16.3. The summed E-state index contributed by atoms with van der Waals surface area (Å²) in [4.78, 5) is 2.41. The minimum atomic E-state index is -3.98. The first-order valence-electron chi connectivity index (χ1n) is 16.3. The number of ether oxygens (including phenoxy) is 2. The van der Waals surface area contributed by atoms with Gasteiger partial charge in [0.25, 0.3) is 0 Å². The van der Waals surface area contributed by atoms with Crippen LogP contribution >= 0.6 is 11.6 Å². The van der Waals surface area contributed by atoms with Gasteiger partial charge in [-0.1, -0.05) is 42.8 Å². The minimum absolute atomic E-state index is 0.0733. The van der Waals surface area contributed by atoms with Crippen molar-refractivity contribution in [3.05, 3.63) is 70.3 Å². The van der Waals surface area contributed by atoms with Gasteiger partial charge in [-0.2, -0.15) is 4.72 Å². The van der Waals surface area contributed by atoms with E-state index in [1.807, 2.05) is 31.2 Å². The summed E-state index contributed by atoms with van der Waals surface area (Å²) >= 11 is 6.43. The fraction of sp³-hybridized carbons (Fsp3) is 0.600. The lowest BCUT2D eigenvalue weighted by Crippen LogP contribution is -2.52. The van der Waals surface area contributed by atoms with E-state index in [1.165, 1.54) is 11.1 Å². The fourth-order valence-corrected chi connectivity index (χ4v) is 10.3. The summed E-state index contributed by atoms with van der Waals surface area (Å²) < 4.78 is 42.5. The molecule has 1 saturated carbocycles. The van der Waals surface area contributed by atoms with Gasteiger partial charge < -0.3 is 24.6 Å². The summed E-state index contributed by atoms with van der Waals surface area (Å²) in [5.41, 5.74) is 3.12. The predicted molar refractivity (Wildman–Crippen MR) is 177 cm³/mol. The second kappa shape index (κ2) is 12.8. The van der Waals surface area contributed by atoms with E-state index in [0.717, 1.165) is 61.7 Å². The number of rotatable bonds is 3. The quantitative estimate of drug-likeness (QED) is 0.374. The zero-order chi connectivity index (χ0) is 32.0. The van der Waals surface area contributed by atoms with Crippen LogP contribution in [0.2, 0.25) is 5.02 Å². The molecule has 2 bridgehead atoms. The van der Waals surface area contributed by atoms with Crippen molar-refractivity contribution in [3.63, 3.8) is 0 Å². The number of nitrogens with zero attached hydrogens (tertiary/aromatic N) is 1. The van der Waals surface area contributed by atoms with E-state index >= 15 is 0 Å². The third kappa shape index (κ3) is 6.29. The first kappa shape index (κ1) is 32.8. The van der Waals surface area contributed by atoms with E-state index in [9.17, 15) is 18.6 Å². The maximum atomic E-state index is 13.6. The summed E-state index contributed by atoms with van der Waals surface area (Å²) in [7, 11) is -2.23. The third-order valence-electron chi connectivity index (χ3n) is 11.1. The molecule has 2 aromatic rings. The van der Waals surface area contributed by atoms with Gasteiger partial charge in [-0.25, -0.2) is 8.42 Å². The van der Waals surface area contributed by atoms with Crippen LogP contribution in [0.15, 0.2) is 48.6 Å². The van der Waals surface area contributed by atoms with Gasteiger partial charge in [-0.15, -0.1) is 0 Å². The molecule has 2 aliphatic carbocycles. The molecule has 10 heteroatoms. The highest BCUT2D eigenvalue weighted by Crippen LogP contribution is 2.49. The van der Waals surface area contributed by atoms with Gasteiger partial charge in [0.1, 0.15) is 12.0 Å². The van der Waals surface area contributed by atoms with Crippen LogP contribution in [0.3, 0.4) is 0 Å². The monoisotopic (exact) mass is 658 g/mol. The molecule has 0 saturated heterocycles. The van der Waals surface area contributed by atoms with Gasteiger partial charge in [0, 0.05) is 37.2 Å². The Morgan fingerprint density at radius 3 is 2.76 bits per heavy atom. The van der Waals surface area contributed by atoms with Gasteiger partial charge in [-0.05, 0) is 111 Å². The van der Waals surface area contributed by atoms with Crippen LogP contribution in [0.1, 0.15) is 75.3 Å². The van der Waals surface area contributed by atoms with E-state index in [-0.39, 0.29) is 30.3 Å². The van der Waals surface area contributed by atoms with E-state index in [1.54, 1.807) is 13.2 Å². The molecule has 246 valence electrons. The highest BCUT2D eigenvalue weighted by Gasteiger charge is 2.47. The maximum absolute atomic E-state index is 13.6. The van der Waals surface area contributed by atoms with Gasteiger partial charge in [0.15, 0.2) is 0 Å². The number of aliphatic hydroxyl groups is 2. The lowest BCUT2D eigenvalue weighted by atomic mass is 9.64. The lowest BCUT2D eigenvalue weighted by molar-refractivity contribution is -0.0622. The minimum Gasteiger partial charge on any atom is -0.490 e. The predicted octanol–water partition coefficient (Wildman–Crippen LogP) is 5.50. The number of aliphatic hydroxyl groups excluding tert-OH is 2. The molecular weight excluding hydrogens is 612 g/mol. The second-order valence-electron chi connectivity index (χ2n) is 13.9. The van der Waals surface area contributed by atoms with Crippen molar-refractivity contribution in [1.29, 1.82) is 0 Å².